The minimum absolute atomic E-state index is 0.156. The van der Waals surface area contributed by atoms with Crippen LogP contribution in [0, 0.1) is 18.3 Å². The molecule has 2 heterocycles. The van der Waals surface area contributed by atoms with Crippen LogP contribution in [0.4, 0.5) is 0 Å². The summed E-state index contributed by atoms with van der Waals surface area (Å²) in [7, 11) is 0. The molecule has 0 aromatic heterocycles. The van der Waals surface area contributed by atoms with Crippen molar-refractivity contribution in [2.45, 2.75) is 36.1 Å². The number of esters is 1. The van der Waals surface area contributed by atoms with Gasteiger partial charge in [0.15, 0.2) is 6.10 Å². The molecule has 2 aromatic carbocycles. The molecule has 2 fully saturated rings. The van der Waals surface area contributed by atoms with E-state index in [1.54, 1.807) is 16.7 Å². The smallest absolute Gasteiger partial charge is 0.331 e. The molecule has 4 nitrogen and oxygen atoms in total. The van der Waals surface area contributed by atoms with E-state index in [2.05, 4.69) is 5.92 Å². The van der Waals surface area contributed by atoms with Gasteiger partial charge in [0.2, 0.25) is 5.91 Å². The maximum atomic E-state index is 13.3. The predicted molar refractivity (Wildman–Crippen MR) is 109 cm³/mol. The van der Waals surface area contributed by atoms with Gasteiger partial charge in [-0.2, -0.15) is 0 Å². The molecule has 0 unspecified atom stereocenters. The van der Waals surface area contributed by atoms with Gasteiger partial charge in [-0.1, -0.05) is 66.6 Å². The molecule has 0 aliphatic carbocycles. The molecule has 0 radical (unpaired) electrons. The first kappa shape index (κ1) is 18.6. The van der Waals surface area contributed by atoms with Crippen LogP contribution in [0.5, 0.6) is 0 Å². The number of terminal acetylenes is 1. The van der Waals surface area contributed by atoms with Crippen LogP contribution in [0.25, 0.3) is 0 Å². The van der Waals surface area contributed by atoms with E-state index in [0.717, 1.165) is 11.1 Å². The molecule has 3 atom stereocenters. The predicted octanol–water partition coefficient (Wildman–Crippen LogP) is 3.63. The summed E-state index contributed by atoms with van der Waals surface area (Å²) in [6, 6.07) is 18.6. The summed E-state index contributed by atoms with van der Waals surface area (Å²) in [6.45, 7) is 3.92. The van der Waals surface area contributed by atoms with Crippen molar-refractivity contribution in [3.63, 3.8) is 0 Å². The molecule has 2 aliphatic heterocycles. The third kappa shape index (κ3) is 2.98. The van der Waals surface area contributed by atoms with Crippen molar-refractivity contribution in [1.82, 2.24) is 4.90 Å². The zero-order chi connectivity index (χ0) is 19.9. The van der Waals surface area contributed by atoms with Crippen molar-refractivity contribution in [2.24, 2.45) is 5.92 Å². The van der Waals surface area contributed by atoms with Gasteiger partial charge in [0, 0.05) is 4.75 Å². The summed E-state index contributed by atoms with van der Waals surface area (Å²) in [5.74, 6) is 1.53. The highest BCUT2D eigenvalue weighted by Gasteiger charge is 2.63. The van der Waals surface area contributed by atoms with Crippen molar-refractivity contribution < 1.29 is 14.3 Å². The first-order valence-electron chi connectivity index (χ1n) is 9.20. The van der Waals surface area contributed by atoms with Crippen LogP contribution < -0.4 is 0 Å². The lowest BCUT2D eigenvalue weighted by Crippen LogP contribution is -2.62. The fourth-order valence-corrected chi connectivity index (χ4v) is 5.54. The molecular weight excluding hydrogens is 370 g/mol. The number of nitrogens with zero attached hydrogens (tertiary/aromatic N) is 1. The molecule has 0 bridgehead atoms. The number of fused-ring (bicyclic) bond motifs is 1. The van der Waals surface area contributed by atoms with E-state index in [0.29, 0.717) is 0 Å². The summed E-state index contributed by atoms with van der Waals surface area (Å²) in [5, 5.41) is -0.156. The number of carbonyl (C=O) groups is 2. The van der Waals surface area contributed by atoms with E-state index in [-0.39, 0.29) is 11.3 Å². The van der Waals surface area contributed by atoms with Crippen molar-refractivity contribution in [3.8, 4) is 12.3 Å². The average molecular weight is 391 g/mol. The van der Waals surface area contributed by atoms with E-state index in [1.165, 1.54) is 0 Å². The highest BCUT2D eigenvalue weighted by atomic mass is 32.2. The Kier molecular flexibility index (Phi) is 4.68. The van der Waals surface area contributed by atoms with E-state index < -0.39 is 28.8 Å². The molecule has 0 N–H and O–H groups in total. The number of thioether (sulfide) groups is 1. The maximum Gasteiger partial charge on any atom is 0.331 e. The maximum absolute atomic E-state index is 13.3. The standard InChI is InChI=1S/C23H21NO3S/c1-4-17-20(25)24-19(23(2,3)28-21(17)24)22(26)27-18(15-11-7-5-8-12-15)16-13-9-6-10-14-16/h1,5-14,17-19,21H,2-3H3/t17-,19-,21+/m0/s1. The SMILES string of the molecule is C#C[C@H]1C(=O)N2[C@@H]1SC(C)(C)[C@@H]2C(=O)OC(c1ccccc1)c1ccccc1. The second-order valence-electron chi connectivity index (χ2n) is 7.54. The van der Waals surface area contributed by atoms with Crippen molar-refractivity contribution in [1.29, 1.82) is 0 Å². The van der Waals surface area contributed by atoms with Crippen molar-refractivity contribution in [3.05, 3.63) is 71.8 Å². The summed E-state index contributed by atoms with van der Waals surface area (Å²) in [6.07, 6.45) is 4.96. The summed E-state index contributed by atoms with van der Waals surface area (Å²) in [5.41, 5.74) is 1.77. The van der Waals surface area contributed by atoms with Crippen molar-refractivity contribution in [2.75, 3.05) is 0 Å². The Balaban J connectivity index is 1.64. The molecular formula is C23H21NO3S. The van der Waals surface area contributed by atoms with Crippen LogP contribution >= 0.6 is 11.8 Å². The summed E-state index contributed by atoms with van der Waals surface area (Å²) in [4.78, 5) is 27.3. The van der Waals surface area contributed by atoms with Crippen molar-refractivity contribution >= 4 is 23.6 Å². The van der Waals surface area contributed by atoms with Crippen LogP contribution in [0.3, 0.4) is 0 Å². The third-order valence-corrected chi connectivity index (χ3v) is 6.85. The van der Waals surface area contributed by atoms with Crippen LogP contribution in [0.1, 0.15) is 31.1 Å². The number of amides is 1. The lowest BCUT2D eigenvalue weighted by molar-refractivity contribution is -0.166. The quantitative estimate of drug-likeness (QED) is 0.454. The Hall–Kier alpha value is -2.71. The Morgan fingerprint density at radius 2 is 1.64 bits per heavy atom. The number of benzene rings is 2. The van der Waals surface area contributed by atoms with E-state index in [1.807, 2.05) is 74.5 Å². The summed E-state index contributed by atoms with van der Waals surface area (Å²) >= 11 is 1.57. The van der Waals surface area contributed by atoms with Crippen LogP contribution in [0.15, 0.2) is 60.7 Å². The minimum atomic E-state index is -0.658. The first-order chi connectivity index (χ1) is 13.4. The number of hydrogen-bond donors (Lipinski definition) is 0. The van der Waals surface area contributed by atoms with Gasteiger partial charge in [0.05, 0.1) is 0 Å². The van der Waals surface area contributed by atoms with E-state index in [9.17, 15) is 9.59 Å². The average Bonchev–Trinajstić information content (AvgIpc) is 2.95. The van der Waals surface area contributed by atoms with Gasteiger partial charge in [0.1, 0.15) is 17.3 Å². The van der Waals surface area contributed by atoms with E-state index >= 15 is 0 Å². The normalized spacial score (nSPS) is 25.0. The van der Waals surface area contributed by atoms with Gasteiger partial charge in [-0.3, -0.25) is 4.79 Å². The molecule has 2 saturated heterocycles. The van der Waals surface area contributed by atoms with E-state index in [4.69, 9.17) is 11.2 Å². The van der Waals surface area contributed by atoms with Gasteiger partial charge in [-0.05, 0) is 25.0 Å². The molecule has 2 aromatic rings. The van der Waals surface area contributed by atoms with Gasteiger partial charge < -0.3 is 9.64 Å². The summed E-state index contributed by atoms with van der Waals surface area (Å²) < 4.78 is 5.54. The number of β-lactam (4-membered cyclic amide) rings is 1. The fraction of sp³-hybridized carbons (Fsp3) is 0.304. The second kappa shape index (κ2) is 7.03. The molecule has 5 heteroatoms. The highest BCUT2D eigenvalue weighted by molar-refractivity contribution is 8.01. The molecule has 142 valence electrons. The number of hydrogen-bond acceptors (Lipinski definition) is 4. The largest absolute Gasteiger partial charge is 0.451 e. The third-order valence-electron chi connectivity index (χ3n) is 5.28. The monoisotopic (exact) mass is 391 g/mol. The lowest BCUT2D eigenvalue weighted by Gasteiger charge is -2.41. The Morgan fingerprint density at radius 3 is 2.14 bits per heavy atom. The molecule has 4 rings (SSSR count). The molecule has 0 spiro atoms. The fourth-order valence-electron chi connectivity index (χ4n) is 3.91. The molecule has 2 aliphatic rings. The second-order valence-corrected chi connectivity index (χ2v) is 9.31. The molecule has 28 heavy (non-hydrogen) atoms. The Labute approximate surface area is 169 Å². The molecule has 1 amide bonds. The van der Waals surface area contributed by atoms with Crippen LogP contribution in [-0.2, 0) is 14.3 Å². The zero-order valence-corrected chi connectivity index (χ0v) is 16.6. The number of carbonyl (C=O) groups excluding carboxylic acids is 2. The first-order valence-corrected chi connectivity index (χ1v) is 10.1. The lowest BCUT2D eigenvalue weighted by atomic mass is 9.92. The minimum Gasteiger partial charge on any atom is -0.451 e. The van der Waals surface area contributed by atoms with Gasteiger partial charge >= 0.3 is 5.97 Å². The van der Waals surface area contributed by atoms with Crippen LogP contribution in [-0.4, -0.2) is 32.9 Å². The number of rotatable bonds is 4. The van der Waals surface area contributed by atoms with Gasteiger partial charge in [-0.15, -0.1) is 18.2 Å². The highest BCUT2D eigenvalue weighted by Crippen LogP contribution is 2.53. The van der Waals surface area contributed by atoms with Gasteiger partial charge in [0.25, 0.3) is 0 Å². The topological polar surface area (TPSA) is 46.6 Å². The Morgan fingerprint density at radius 1 is 1.11 bits per heavy atom. The number of ether oxygens (including phenoxy) is 1. The van der Waals surface area contributed by atoms with Crippen LogP contribution in [0.2, 0.25) is 0 Å². The Bertz CT molecular complexity index is 896. The van der Waals surface area contributed by atoms with Gasteiger partial charge in [-0.25, -0.2) is 4.79 Å². The molecule has 0 saturated carbocycles. The zero-order valence-electron chi connectivity index (χ0n) is 15.7.